The van der Waals surface area contributed by atoms with Crippen LogP contribution in [0.25, 0.3) is 11.0 Å². The summed E-state index contributed by atoms with van der Waals surface area (Å²) in [6, 6.07) is 9.26. The summed E-state index contributed by atoms with van der Waals surface area (Å²) in [5, 5.41) is 15.3. The highest BCUT2D eigenvalue weighted by Crippen LogP contribution is 2.36. The van der Waals surface area contributed by atoms with Gasteiger partial charge in [-0.15, -0.1) is 11.3 Å². The van der Waals surface area contributed by atoms with Crippen LogP contribution in [0.15, 0.2) is 42.7 Å². The first-order valence-electron chi connectivity index (χ1n) is 11.6. The van der Waals surface area contributed by atoms with Crippen molar-refractivity contribution in [1.82, 2.24) is 20.2 Å². The molecule has 1 aliphatic rings. The molecule has 0 aliphatic heterocycles. The molecule has 0 bridgehead atoms. The summed E-state index contributed by atoms with van der Waals surface area (Å²) in [4.78, 5) is 22.1. The highest BCUT2D eigenvalue weighted by atomic mass is 32.1. The van der Waals surface area contributed by atoms with Crippen molar-refractivity contribution in [3.8, 4) is 11.5 Å². The third kappa shape index (κ3) is 4.75. The minimum Gasteiger partial charge on any atom is -0.456 e. The van der Waals surface area contributed by atoms with Gasteiger partial charge in [-0.25, -0.2) is 9.97 Å². The Kier molecular flexibility index (Phi) is 6.19. The van der Waals surface area contributed by atoms with E-state index in [2.05, 4.69) is 44.6 Å². The number of aryl methyl sites for hydroxylation is 1. The van der Waals surface area contributed by atoms with Crippen LogP contribution in [-0.2, 0) is 0 Å². The zero-order valence-electron chi connectivity index (χ0n) is 19.5. The lowest BCUT2D eigenvalue weighted by Crippen LogP contribution is -2.30. The lowest BCUT2D eigenvalue weighted by Gasteiger charge is -2.32. The van der Waals surface area contributed by atoms with Gasteiger partial charge >= 0.3 is 0 Å². The molecule has 0 spiro atoms. The maximum atomic E-state index is 12.5. The third-order valence-electron chi connectivity index (χ3n) is 6.55. The second kappa shape index (κ2) is 9.42. The first-order chi connectivity index (χ1) is 16.5. The van der Waals surface area contributed by atoms with E-state index in [4.69, 9.17) is 4.74 Å². The minimum atomic E-state index is -0.204. The molecule has 8 nitrogen and oxygen atoms in total. The Hall–Kier alpha value is -3.46. The quantitative estimate of drug-likeness (QED) is 0.315. The number of ether oxygens (including phenoxy) is 1. The topological polar surface area (TPSA) is 105 Å². The van der Waals surface area contributed by atoms with E-state index in [1.165, 1.54) is 17.8 Å². The molecule has 3 N–H and O–H groups in total. The standard InChI is InChI=1S/C25H28N6O2S/c1-14-4-7-18(12-15(14)2)28-23-21-20(10-11-26-22(21)30-31-23)33-19-8-5-17(6-9-19)24(32)29-25-27-13-16(3)34-25/h5-6,8-11,13-15,18H,4,7,12H2,1-3H3,(H,27,29,32)(H2,26,28,30,31). The first-order valence-corrected chi connectivity index (χ1v) is 12.4. The predicted molar refractivity (Wildman–Crippen MR) is 135 cm³/mol. The summed E-state index contributed by atoms with van der Waals surface area (Å²) < 4.78 is 6.19. The first kappa shape index (κ1) is 22.3. The minimum absolute atomic E-state index is 0.204. The molecule has 4 aromatic rings. The van der Waals surface area contributed by atoms with Crippen LogP contribution in [0.3, 0.4) is 0 Å². The van der Waals surface area contributed by atoms with E-state index in [0.717, 1.165) is 34.8 Å². The van der Waals surface area contributed by atoms with Gasteiger partial charge in [0.2, 0.25) is 0 Å². The maximum absolute atomic E-state index is 12.5. The smallest absolute Gasteiger partial charge is 0.257 e. The molecule has 3 aromatic heterocycles. The van der Waals surface area contributed by atoms with Crippen LogP contribution in [0.4, 0.5) is 10.9 Å². The van der Waals surface area contributed by atoms with Gasteiger partial charge in [0.05, 0.1) is 0 Å². The molecule has 1 amide bonds. The molecular weight excluding hydrogens is 448 g/mol. The summed E-state index contributed by atoms with van der Waals surface area (Å²) in [5.74, 6) is 3.28. The van der Waals surface area contributed by atoms with Crippen molar-refractivity contribution in [2.24, 2.45) is 11.8 Å². The second-order valence-electron chi connectivity index (χ2n) is 9.07. The lowest BCUT2D eigenvalue weighted by atomic mass is 9.79. The van der Waals surface area contributed by atoms with Crippen molar-refractivity contribution in [2.75, 3.05) is 10.6 Å². The Morgan fingerprint density at radius 1 is 1.12 bits per heavy atom. The molecule has 9 heteroatoms. The zero-order chi connectivity index (χ0) is 23.7. The van der Waals surface area contributed by atoms with Gasteiger partial charge in [0.25, 0.3) is 5.91 Å². The number of H-pyrrole nitrogens is 1. The lowest BCUT2D eigenvalue weighted by molar-refractivity contribution is 0.102. The van der Waals surface area contributed by atoms with E-state index in [9.17, 15) is 4.79 Å². The van der Waals surface area contributed by atoms with E-state index in [1.807, 2.05) is 13.0 Å². The Morgan fingerprint density at radius 3 is 2.68 bits per heavy atom. The van der Waals surface area contributed by atoms with Crippen LogP contribution < -0.4 is 15.4 Å². The molecule has 1 fully saturated rings. The maximum Gasteiger partial charge on any atom is 0.257 e. The number of pyridine rings is 1. The number of aromatic amines is 1. The number of thiazole rings is 1. The fraction of sp³-hybridized carbons (Fsp3) is 0.360. The molecule has 0 radical (unpaired) electrons. The van der Waals surface area contributed by atoms with Gasteiger partial charge in [-0.2, -0.15) is 5.10 Å². The van der Waals surface area contributed by atoms with Crippen LogP contribution in [0.5, 0.6) is 11.5 Å². The number of rotatable bonds is 6. The van der Waals surface area contributed by atoms with Gasteiger partial charge in [0.1, 0.15) is 16.9 Å². The van der Waals surface area contributed by atoms with E-state index < -0.39 is 0 Å². The van der Waals surface area contributed by atoms with Crippen LogP contribution in [0, 0.1) is 18.8 Å². The van der Waals surface area contributed by atoms with Gasteiger partial charge in [0, 0.05) is 34.9 Å². The fourth-order valence-corrected chi connectivity index (χ4v) is 5.03. The zero-order valence-corrected chi connectivity index (χ0v) is 20.3. The highest BCUT2D eigenvalue weighted by Gasteiger charge is 2.26. The summed E-state index contributed by atoms with van der Waals surface area (Å²) in [6.07, 6.45) is 6.89. The highest BCUT2D eigenvalue weighted by molar-refractivity contribution is 7.15. The van der Waals surface area contributed by atoms with Crippen LogP contribution in [0.1, 0.15) is 48.3 Å². The van der Waals surface area contributed by atoms with Gasteiger partial charge in [-0.05, 0) is 62.3 Å². The number of carbonyl (C=O) groups excluding carboxylic acids is 1. The van der Waals surface area contributed by atoms with Crippen molar-refractivity contribution in [2.45, 2.75) is 46.1 Å². The normalized spacial score (nSPS) is 20.3. The molecule has 1 aliphatic carbocycles. The fourth-order valence-electron chi connectivity index (χ4n) is 4.37. The summed E-state index contributed by atoms with van der Waals surface area (Å²) >= 11 is 1.44. The molecular formula is C25H28N6O2S. The largest absolute Gasteiger partial charge is 0.456 e. The van der Waals surface area contributed by atoms with Gasteiger partial charge < -0.3 is 10.1 Å². The van der Waals surface area contributed by atoms with E-state index in [1.54, 1.807) is 36.7 Å². The molecule has 3 atom stereocenters. The number of nitrogens with one attached hydrogen (secondary N) is 3. The number of nitrogens with zero attached hydrogens (tertiary/aromatic N) is 3. The molecule has 1 aromatic carbocycles. The predicted octanol–water partition coefficient (Wildman–Crippen LogP) is 6.00. The Morgan fingerprint density at radius 2 is 1.94 bits per heavy atom. The molecule has 34 heavy (non-hydrogen) atoms. The average molecular weight is 477 g/mol. The number of benzene rings is 1. The third-order valence-corrected chi connectivity index (χ3v) is 7.38. The molecule has 0 saturated heterocycles. The molecule has 3 heterocycles. The van der Waals surface area contributed by atoms with Crippen molar-refractivity contribution < 1.29 is 9.53 Å². The molecule has 5 rings (SSSR count). The summed E-state index contributed by atoms with van der Waals surface area (Å²) in [6.45, 7) is 6.60. The van der Waals surface area contributed by atoms with Crippen LogP contribution in [-0.4, -0.2) is 32.1 Å². The van der Waals surface area contributed by atoms with Crippen molar-refractivity contribution in [3.63, 3.8) is 0 Å². The number of hydrogen-bond donors (Lipinski definition) is 3. The Bertz CT molecular complexity index is 1300. The second-order valence-corrected chi connectivity index (χ2v) is 10.3. The number of anilines is 2. The number of aromatic nitrogens is 4. The Labute approximate surface area is 202 Å². The van der Waals surface area contributed by atoms with Gasteiger partial charge in [0.15, 0.2) is 16.6 Å². The molecule has 3 unspecified atom stereocenters. The van der Waals surface area contributed by atoms with Crippen molar-refractivity contribution >= 4 is 39.2 Å². The summed E-state index contributed by atoms with van der Waals surface area (Å²) in [5.41, 5.74) is 1.21. The van der Waals surface area contributed by atoms with Gasteiger partial charge in [-0.3, -0.25) is 15.2 Å². The van der Waals surface area contributed by atoms with Crippen molar-refractivity contribution in [3.05, 3.63) is 53.2 Å². The van der Waals surface area contributed by atoms with E-state index in [-0.39, 0.29) is 5.91 Å². The van der Waals surface area contributed by atoms with Crippen LogP contribution >= 0.6 is 11.3 Å². The van der Waals surface area contributed by atoms with E-state index in [0.29, 0.717) is 39.8 Å². The monoisotopic (exact) mass is 476 g/mol. The molecule has 176 valence electrons. The van der Waals surface area contributed by atoms with Crippen molar-refractivity contribution in [1.29, 1.82) is 0 Å². The number of carbonyl (C=O) groups is 1. The SMILES string of the molecule is Cc1cnc(NC(=O)c2ccc(Oc3ccnc4[nH]nc(NC5CCC(C)C(C)C5)c34)cc2)s1. The van der Waals surface area contributed by atoms with Crippen LogP contribution in [0.2, 0.25) is 0 Å². The summed E-state index contributed by atoms with van der Waals surface area (Å²) in [7, 11) is 0. The van der Waals surface area contributed by atoms with Gasteiger partial charge in [-0.1, -0.05) is 13.8 Å². The average Bonchev–Trinajstić information content (AvgIpc) is 3.43. The number of fused-ring (bicyclic) bond motifs is 1. The number of hydrogen-bond acceptors (Lipinski definition) is 7. The van der Waals surface area contributed by atoms with E-state index >= 15 is 0 Å². The Balaban J connectivity index is 1.31. The molecule has 1 saturated carbocycles. The number of amides is 1.